The Balaban J connectivity index is 0.000000191. The van der Waals surface area contributed by atoms with E-state index in [9.17, 15) is 4.79 Å². The Labute approximate surface area is 217 Å². The van der Waals surface area contributed by atoms with Crippen LogP contribution in [-0.2, 0) is 6.61 Å². The molecule has 0 fully saturated rings. The zero-order valence-electron chi connectivity index (χ0n) is 17.6. The lowest BCUT2D eigenvalue weighted by Gasteiger charge is -2.07. The number of carbonyl (C=O) groups excluding carboxylic acids is 1. The molecule has 0 aliphatic carbocycles. The molecule has 4 nitrogen and oxygen atoms in total. The van der Waals surface area contributed by atoms with E-state index in [1.54, 1.807) is 84.9 Å². The number of rotatable bonds is 6. The fourth-order valence-electron chi connectivity index (χ4n) is 2.76. The number of aliphatic hydroxyl groups excluding tert-OH is 1. The van der Waals surface area contributed by atoms with Crippen LogP contribution < -0.4 is 9.47 Å². The van der Waals surface area contributed by atoms with E-state index < -0.39 is 0 Å². The van der Waals surface area contributed by atoms with E-state index in [1.165, 1.54) is 0 Å². The van der Waals surface area contributed by atoms with Crippen LogP contribution in [0.5, 0.6) is 23.0 Å². The quantitative estimate of drug-likeness (QED) is 0.250. The van der Waals surface area contributed by atoms with Crippen molar-refractivity contribution in [1.29, 1.82) is 0 Å². The van der Waals surface area contributed by atoms with Gasteiger partial charge in [0, 0.05) is 25.7 Å². The molecule has 4 rings (SSSR count). The lowest BCUT2D eigenvalue weighted by atomic mass is 10.2. The maximum absolute atomic E-state index is 10.7. The summed E-state index contributed by atoms with van der Waals surface area (Å²) in [5.74, 6) is 2.40. The molecule has 0 atom stereocenters. The van der Waals surface area contributed by atoms with Gasteiger partial charge in [0.1, 0.15) is 29.3 Å². The van der Waals surface area contributed by atoms with Crippen molar-refractivity contribution in [1.82, 2.24) is 0 Å². The van der Waals surface area contributed by atoms with E-state index in [2.05, 4.69) is 0 Å². The number of ether oxygens (including phenoxy) is 2. The van der Waals surface area contributed by atoms with Crippen LogP contribution in [0.3, 0.4) is 0 Å². The fraction of sp³-hybridized carbons (Fsp3) is 0.0385. The number of hydrogen-bond acceptors (Lipinski definition) is 4. The van der Waals surface area contributed by atoms with Crippen LogP contribution in [0.25, 0.3) is 0 Å². The average molecular weight is 536 g/mol. The topological polar surface area (TPSA) is 55.8 Å². The minimum absolute atomic E-state index is 0.0719. The number of benzene rings is 4. The van der Waals surface area contributed by atoms with E-state index >= 15 is 0 Å². The summed E-state index contributed by atoms with van der Waals surface area (Å²) >= 11 is 23.3. The summed E-state index contributed by atoms with van der Waals surface area (Å²) in [6, 6.07) is 23.9. The van der Waals surface area contributed by atoms with Gasteiger partial charge >= 0.3 is 0 Å². The molecule has 0 radical (unpaired) electrons. The van der Waals surface area contributed by atoms with Gasteiger partial charge in [-0.2, -0.15) is 0 Å². The number of carbonyl (C=O) groups is 1. The van der Waals surface area contributed by atoms with Gasteiger partial charge in [-0.15, -0.1) is 0 Å². The van der Waals surface area contributed by atoms with Gasteiger partial charge < -0.3 is 14.6 Å². The molecule has 0 spiro atoms. The van der Waals surface area contributed by atoms with Crippen molar-refractivity contribution in [3.8, 4) is 23.0 Å². The van der Waals surface area contributed by atoms with Gasteiger partial charge in [0.2, 0.25) is 0 Å². The number of halogens is 4. The molecule has 0 aliphatic heterocycles. The van der Waals surface area contributed by atoms with Gasteiger partial charge in [0.05, 0.1) is 6.61 Å². The molecule has 0 aromatic heterocycles. The van der Waals surface area contributed by atoms with Crippen LogP contribution >= 0.6 is 46.4 Å². The zero-order chi connectivity index (χ0) is 24.5. The van der Waals surface area contributed by atoms with Gasteiger partial charge in [-0.1, -0.05) is 46.4 Å². The second-order valence-corrected chi connectivity index (χ2v) is 8.65. The number of aldehydes is 1. The van der Waals surface area contributed by atoms with Crippen LogP contribution in [0.2, 0.25) is 20.1 Å². The van der Waals surface area contributed by atoms with Crippen LogP contribution in [0.15, 0.2) is 84.9 Å². The van der Waals surface area contributed by atoms with Gasteiger partial charge in [-0.05, 0) is 90.5 Å². The summed E-state index contributed by atoms with van der Waals surface area (Å²) in [4.78, 5) is 10.7. The maximum Gasteiger partial charge on any atom is 0.150 e. The minimum Gasteiger partial charge on any atom is -0.457 e. The Bertz CT molecular complexity index is 1240. The van der Waals surface area contributed by atoms with Gasteiger partial charge in [-0.3, -0.25) is 4.79 Å². The maximum atomic E-state index is 10.7. The lowest BCUT2D eigenvalue weighted by molar-refractivity contribution is 0.112. The smallest absolute Gasteiger partial charge is 0.150 e. The predicted molar refractivity (Wildman–Crippen MR) is 137 cm³/mol. The first-order valence-corrected chi connectivity index (χ1v) is 11.4. The molecule has 0 bridgehead atoms. The molecule has 8 heteroatoms. The third-order valence-electron chi connectivity index (χ3n) is 4.24. The highest BCUT2D eigenvalue weighted by Gasteiger charge is 2.03. The van der Waals surface area contributed by atoms with Gasteiger partial charge in [0.15, 0.2) is 0 Å². The summed E-state index contributed by atoms with van der Waals surface area (Å²) < 4.78 is 11.2. The Morgan fingerprint density at radius 3 is 1.53 bits per heavy atom. The Morgan fingerprint density at radius 2 is 1.06 bits per heavy atom. The Morgan fingerprint density at radius 1 is 0.588 bits per heavy atom. The van der Waals surface area contributed by atoms with E-state index in [1.807, 2.05) is 0 Å². The van der Waals surface area contributed by atoms with Crippen LogP contribution in [0.1, 0.15) is 15.9 Å². The van der Waals surface area contributed by atoms with Crippen molar-refractivity contribution in [3.05, 3.63) is 116 Å². The summed E-state index contributed by atoms with van der Waals surface area (Å²) in [6.07, 6.45) is 0.723. The molecule has 1 N–H and O–H groups in total. The van der Waals surface area contributed by atoms with Crippen LogP contribution in [0.4, 0.5) is 0 Å². The first-order valence-electron chi connectivity index (χ1n) is 9.87. The molecule has 0 unspecified atom stereocenters. The Kier molecular flexibility index (Phi) is 9.63. The van der Waals surface area contributed by atoms with E-state index in [0.29, 0.717) is 54.2 Å². The fourth-order valence-corrected chi connectivity index (χ4v) is 3.49. The van der Waals surface area contributed by atoms with Crippen LogP contribution in [-0.4, -0.2) is 11.4 Å². The van der Waals surface area contributed by atoms with E-state index in [-0.39, 0.29) is 6.61 Å². The molecule has 0 amide bonds. The number of hydrogen-bond donors (Lipinski definition) is 1. The average Bonchev–Trinajstić information content (AvgIpc) is 2.82. The highest BCUT2D eigenvalue weighted by Crippen LogP contribution is 2.28. The van der Waals surface area contributed by atoms with Crippen molar-refractivity contribution in [2.24, 2.45) is 0 Å². The standard InChI is InChI=1S/C13H10Cl2O2.C13H8Cl2O2/c2*14-10-1-3-12(4-2-10)17-13-6-9(8-16)5-11(15)7-13/h1-7,16H,8H2;1-8H. The highest BCUT2D eigenvalue weighted by molar-refractivity contribution is 6.31. The largest absolute Gasteiger partial charge is 0.457 e. The van der Waals surface area contributed by atoms with E-state index in [0.717, 1.165) is 6.29 Å². The summed E-state index contributed by atoms with van der Waals surface area (Å²) in [7, 11) is 0. The second kappa shape index (κ2) is 12.7. The summed E-state index contributed by atoms with van der Waals surface area (Å²) in [6.45, 7) is -0.0719. The van der Waals surface area contributed by atoms with Crippen molar-refractivity contribution < 1.29 is 19.4 Å². The summed E-state index contributed by atoms with van der Waals surface area (Å²) in [5, 5.41) is 11.3. The molecule has 174 valence electrons. The first-order chi connectivity index (χ1) is 16.3. The molecule has 4 aromatic rings. The molecule has 0 heterocycles. The third-order valence-corrected chi connectivity index (χ3v) is 5.18. The minimum atomic E-state index is -0.0719. The molecule has 0 aliphatic rings. The van der Waals surface area contributed by atoms with Crippen LogP contribution in [0, 0.1) is 0 Å². The molecule has 34 heavy (non-hydrogen) atoms. The lowest BCUT2D eigenvalue weighted by Crippen LogP contribution is -1.88. The molecule has 0 saturated carbocycles. The van der Waals surface area contributed by atoms with Crippen molar-refractivity contribution in [3.63, 3.8) is 0 Å². The van der Waals surface area contributed by atoms with Gasteiger partial charge in [0.25, 0.3) is 0 Å². The van der Waals surface area contributed by atoms with Crippen molar-refractivity contribution >= 4 is 52.7 Å². The van der Waals surface area contributed by atoms with Crippen molar-refractivity contribution in [2.45, 2.75) is 6.61 Å². The monoisotopic (exact) mass is 534 g/mol. The first kappa shape index (κ1) is 25.9. The molecular weight excluding hydrogens is 518 g/mol. The number of aliphatic hydroxyl groups is 1. The Hall–Kier alpha value is -2.73. The molecule has 0 saturated heterocycles. The van der Waals surface area contributed by atoms with Crippen molar-refractivity contribution in [2.75, 3.05) is 0 Å². The SMILES string of the molecule is O=Cc1cc(Cl)cc(Oc2ccc(Cl)cc2)c1.OCc1cc(Cl)cc(Oc2ccc(Cl)cc2)c1. The third kappa shape index (κ3) is 8.24. The summed E-state index contributed by atoms with van der Waals surface area (Å²) in [5.41, 5.74) is 1.18. The second-order valence-electron chi connectivity index (χ2n) is 6.90. The van der Waals surface area contributed by atoms with E-state index in [4.69, 9.17) is 61.0 Å². The molecule has 4 aromatic carbocycles. The van der Waals surface area contributed by atoms with Gasteiger partial charge in [-0.25, -0.2) is 0 Å². The zero-order valence-corrected chi connectivity index (χ0v) is 20.6. The predicted octanol–water partition coefficient (Wildman–Crippen LogP) is 8.88. The highest BCUT2D eigenvalue weighted by atomic mass is 35.5. The normalized spacial score (nSPS) is 10.1. The molecular formula is C26H18Cl4O4.